The number of carbonyl (C=O) groups excluding carboxylic acids is 2. The molecule has 1 aliphatic rings. The summed E-state index contributed by atoms with van der Waals surface area (Å²) in [5.41, 5.74) is 0. The van der Waals surface area contributed by atoms with Gasteiger partial charge in [0.15, 0.2) is 6.10 Å². The van der Waals surface area contributed by atoms with Crippen LogP contribution >= 0.6 is 7.82 Å². The Hall–Kier alpha value is 1.35. The molecular weight excluding hydrogens is 540 g/mol. The third-order valence-electron chi connectivity index (χ3n) is 5.44. The summed E-state index contributed by atoms with van der Waals surface area (Å²) >= 11 is 0. The number of unbranched alkanes of at least 4 members (excludes halogenated alkanes) is 12. The number of rotatable bonds is 19. The van der Waals surface area contributed by atoms with E-state index >= 15 is 0 Å². The third kappa shape index (κ3) is 19.2. The van der Waals surface area contributed by atoms with Crippen molar-refractivity contribution in [3.8, 4) is 0 Å². The van der Waals surface area contributed by atoms with E-state index in [0.717, 1.165) is 25.7 Å². The van der Waals surface area contributed by atoms with E-state index in [1.165, 1.54) is 51.4 Å². The maximum atomic E-state index is 11.9. The second-order valence-corrected chi connectivity index (χ2v) is 9.50. The Labute approximate surface area is 285 Å². The summed E-state index contributed by atoms with van der Waals surface area (Å²) in [6.07, 6.45) is 8.25. The smallest absolute Gasteiger partial charge is 0.870 e. The van der Waals surface area contributed by atoms with E-state index in [1.54, 1.807) is 0 Å². The molecule has 15 heteroatoms. The number of phosphoric ester groups is 1. The average molecular weight is 576 g/mol. The van der Waals surface area contributed by atoms with Crippen molar-refractivity contribution < 1.29 is 142 Å². The zero-order valence-corrected chi connectivity index (χ0v) is 29.5. The predicted molar refractivity (Wildman–Crippen MR) is 114 cm³/mol. The Morgan fingerprint density at radius 1 is 0.919 bits per heavy atom. The molecule has 0 saturated carbocycles. The van der Waals surface area contributed by atoms with Crippen molar-refractivity contribution >= 4 is 19.8 Å². The molecule has 11 nitrogen and oxygen atoms in total. The van der Waals surface area contributed by atoms with Crippen LogP contribution in [0.25, 0.3) is 0 Å². The van der Waals surface area contributed by atoms with Crippen LogP contribution in [0.3, 0.4) is 0 Å². The minimum absolute atomic E-state index is 0. The van der Waals surface area contributed by atoms with E-state index in [9.17, 15) is 39.3 Å². The summed E-state index contributed by atoms with van der Waals surface area (Å²) in [7, 11) is -5.71. The summed E-state index contributed by atoms with van der Waals surface area (Å²) in [6.45, 7) is 2.21. The first-order valence-electron chi connectivity index (χ1n) is 12.0. The minimum atomic E-state index is -5.71. The maximum Gasteiger partial charge on any atom is 1.00 e. The van der Waals surface area contributed by atoms with Gasteiger partial charge in [0.25, 0.3) is 0 Å². The van der Waals surface area contributed by atoms with E-state index in [2.05, 4.69) is 20.9 Å². The quantitative estimate of drug-likeness (QED) is 0.0489. The molecule has 0 amide bonds. The van der Waals surface area contributed by atoms with E-state index in [-0.39, 0.29) is 95.1 Å². The Kier molecular flexibility index (Phi) is 27.8. The largest absolute Gasteiger partial charge is 1.00 e. The van der Waals surface area contributed by atoms with Crippen LogP contribution in [0.2, 0.25) is 0 Å². The van der Waals surface area contributed by atoms with Gasteiger partial charge in [0, 0.05) is 6.42 Å². The van der Waals surface area contributed by atoms with Crippen LogP contribution in [0.4, 0.5) is 0 Å². The van der Waals surface area contributed by atoms with Crippen LogP contribution in [-0.2, 0) is 28.2 Å². The first-order chi connectivity index (χ1) is 16.1. The van der Waals surface area contributed by atoms with Crippen molar-refractivity contribution in [1.82, 2.24) is 0 Å². The Morgan fingerprint density at radius 2 is 1.35 bits per heavy atom. The SMILES string of the molecule is CCCCCCCCCCCCCCCC(=O)OC(O)[C@H](O)[C@H]1OC(=O)C(OP(=O)([O-])[O-])=C1[O-].[Na+].[Na+].[Na+]. The zero-order chi connectivity index (χ0) is 25.6. The van der Waals surface area contributed by atoms with Crippen molar-refractivity contribution in [2.24, 2.45) is 0 Å². The molecule has 0 spiro atoms. The Bertz CT molecular complexity index is 718. The number of esters is 2. The van der Waals surface area contributed by atoms with Gasteiger partial charge in [0.05, 0.1) is 0 Å². The number of aliphatic hydroxyl groups excluding tert-OH is 2. The van der Waals surface area contributed by atoms with E-state index < -0.39 is 49.8 Å². The zero-order valence-electron chi connectivity index (χ0n) is 22.6. The van der Waals surface area contributed by atoms with Gasteiger partial charge in [-0.1, -0.05) is 84.0 Å². The molecule has 2 N–H and O–H groups in total. The molecular formula is C22H36Na3O11P. The molecule has 0 aliphatic carbocycles. The second-order valence-electron chi connectivity index (χ2n) is 8.42. The fraction of sp³-hybridized carbons (Fsp3) is 0.818. The molecule has 198 valence electrons. The summed E-state index contributed by atoms with van der Waals surface area (Å²) < 4.78 is 23.4. The van der Waals surface area contributed by atoms with Gasteiger partial charge in [-0.15, -0.1) is 0 Å². The number of carbonyl (C=O) groups is 2. The van der Waals surface area contributed by atoms with Gasteiger partial charge in [0.1, 0.15) is 13.9 Å². The van der Waals surface area contributed by atoms with Crippen molar-refractivity contribution in [2.75, 3.05) is 0 Å². The molecule has 37 heavy (non-hydrogen) atoms. The molecule has 0 aromatic rings. The van der Waals surface area contributed by atoms with Gasteiger partial charge in [-0.05, 0) is 12.2 Å². The van der Waals surface area contributed by atoms with E-state index in [4.69, 9.17) is 0 Å². The van der Waals surface area contributed by atoms with Gasteiger partial charge in [-0.2, -0.15) is 0 Å². The number of ether oxygens (including phenoxy) is 2. The fourth-order valence-corrected chi connectivity index (χ4v) is 3.96. The van der Waals surface area contributed by atoms with Crippen LogP contribution < -0.4 is 104 Å². The van der Waals surface area contributed by atoms with Crippen molar-refractivity contribution in [3.63, 3.8) is 0 Å². The van der Waals surface area contributed by atoms with E-state index in [1.807, 2.05) is 0 Å². The first kappa shape index (κ1) is 42.8. The van der Waals surface area contributed by atoms with Crippen LogP contribution in [0.1, 0.15) is 96.8 Å². The van der Waals surface area contributed by atoms with Gasteiger partial charge >= 0.3 is 101 Å². The summed E-state index contributed by atoms with van der Waals surface area (Å²) in [4.78, 5) is 44.5. The Balaban J connectivity index is -0.00000385. The van der Waals surface area contributed by atoms with Crippen LogP contribution in [0.5, 0.6) is 0 Å². The van der Waals surface area contributed by atoms with Gasteiger partial charge in [0.2, 0.25) is 12.0 Å². The normalized spacial score (nSPS) is 16.6. The van der Waals surface area contributed by atoms with Gasteiger partial charge < -0.3 is 43.7 Å². The van der Waals surface area contributed by atoms with Crippen LogP contribution in [0, 0.1) is 0 Å². The topological polar surface area (TPSA) is 189 Å². The first-order valence-corrected chi connectivity index (χ1v) is 13.4. The van der Waals surface area contributed by atoms with Gasteiger partial charge in [-0.25, -0.2) is 4.79 Å². The maximum absolute atomic E-state index is 11.9. The van der Waals surface area contributed by atoms with Crippen LogP contribution in [-0.4, -0.2) is 40.6 Å². The standard InChI is InChI=1S/C22H39O11P.3Na/c1-2-3-4-5-6-7-8-9-10-11-12-13-14-15-16(23)31-21(26)18(25)19-17(24)20(22(27)32-19)33-34(28,29)30;;;/h18-19,21,24-26H,2-15H2,1H3,(H2,28,29,30);;;/q;3*+1/p-3/t18-,19+,21?;;;/m1.../s1. The number of cyclic esters (lactones) is 1. The van der Waals surface area contributed by atoms with Crippen molar-refractivity contribution in [1.29, 1.82) is 0 Å². The van der Waals surface area contributed by atoms with Crippen LogP contribution in [0.15, 0.2) is 11.5 Å². The molecule has 1 unspecified atom stereocenters. The molecule has 0 aromatic carbocycles. The third-order valence-corrected chi connectivity index (χ3v) is 5.85. The minimum Gasteiger partial charge on any atom is -0.870 e. The molecule has 3 atom stereocenters. The molecule has 0 fully saturated rings. The van der Waals surface area contributed by atoms with E-state index in [0.29, 0.717) is 6.42 Å². The monoisotopic (exact) mass is 576 g/mol. The number of aliphatic hydroxyl groups is 2. The van der Waals surface area contributed by atoms with Crippen molar-refractivity contribution in [2.45, 2.75) is 115 Å². The molecule has 1 heterocycles. The molecule has 0 saturated heterocycles. The molecule has 1 aliphatic heterocycles. The number of hydrogen-bond acceptors (Lipinski definition) is 11. The summed E-state index contributed by atoms with van der Waals surface area (Å²) in [5.74, 6) is -5.30. The molecule has 1 rings (SSSR count). The Morgan fingerprint density at radius 3 is 1.78 bits per heavy atom. The molecule has 0 aromatic heterocycles. The fourth-order valence-electron chi connectivity index (χ4n) is 3.57. The van der Waals surface area contributed by atoms with Crippen molar-refractivity contribution in [3.05, 3.63) is 11.5 Å². The van der Waals surface area contributed by atoms with Gasteiger partial charge in [-0.3, -0.25) is 4.79 Å². The number of phosphoric acid groups is 1. The predicted octanol–water partition coefficient (Wildman–Crippen LogP) is -7.96. The number of hydrogen-bond donors (Lipinski definition) is 2. The summed E-state index contributed by atoms with van der Waals surface area (Å²) in [5, 5.41) is 31.7. The second kappa shape index (κ2) is 24.0. The molecule has 0 bridgehead atoms. The molecule has 0 radical (unpaired) electrons. The summed E-state index contributed by atoms with van der Waals surface area (Å²) in [6, 6.07) is 0. The average Bonchev–Trinajstić information content (AvgIpc) is 3.03.